The van der Waals surface area contributed by atoms with Crippen molar-refractivity contribution in [3.63, 3.8) is 0 Å². The second-order valence-electron chi connectivity index (χ2n) is 5.87. The van der Waals surface area contributed by atoms with Crippen molar-refractivity contribution >= 4 is 16.5 Å². The van der Waals surface area contributed by atoms with Gasteiger partial charge >= 0.3 is 0 Å². The number of nitrogens with one attached hydrogen (secondary N) is 1. The Morgan fingerprint density at radius 1 is 1.38 bits per heavy atom. The molecule has 4 nitrogen and oxygen atoms in total. The van der Waals surface area contributed by atoms with E-state index >= 15 is 0 Å². The summed E-state index contributed by atoms with van der Waals surface area (Å²) in [4.78, 5) is 8.65. The first-order valence-corrected chi connectivity index (χ1v) is 8.97. The van der Waals surface area contributed by atoms with E-state index in [4.69, 9.17) is 9.72 Å². The molecule has 1 saturated heterocycles. The number of thiazole rings is 1. The van der Waals surface area contributed by atoms with Gasteiger partial charge in [-0.3, -0.25) is 0 Å². The normalized spacial score (nSPS) is 19.8. The maximum Gasteiger partial charge on any atom is 0.185 e. The number of rotatable bonds is 7. The molecule has 0 aromatic carbocycles. The Balaban J connectivity index is 1.91. The molecule has 1 aliphatic rings. The van der Waals surface area contributed by atoms with Crippen LogP contribution in [0.4, 0.5) is 5.13 Å². The molecule has 0 spiro atoms. The second kappa shape index (κ2) is 8.71. The number of anilines is 1. The Morgan fingerprint density at radius 3 is 3.00 bits per heavy atom. The minimum absolute atomic E-state index is 0.759. The first kappa shape index (κ1) is 16.7. The van der Waals surface area contributed by atoms with Gasteiger partial charge in [0.05, 0.1) is 12.3 Å². The number of aromatic nitrogens is 1. The molecule has 21 heavy (non-hydrogen) atoms. The summed E-state index contributed by atoms with van der Waals surface area (Å²) in [5.74, 6) is 0.909. The topological polar surface area (TPSA) is 37.4 Å². The van der Waals surface area contributed by atoms with E-state index in [0.717, 1.165) is 25.6 Å². The SMILES string of the molecule is CCC1CCCN(c2nc(C)c(CNCCOC)s2)CC1. The molecule has 0 bridgehead atoms. The molecule has 1 N–H and O–H groups in total. The van der Waals surface area contributed by atoms with Crippen LogP contribution in [-0.2, 0) is 11.3 Å². The largest absolute Gasteiger partial charge is 0.383 e. The molecule has 1 fully saturated rings. The molecular formula is C16H29N3OS. The lowest BCUT2D eigenvalue weighted by Gasteiger charge is -2.19. The summed E-state index contributed by atoms with van der Waals surface area (Å²) in [6, 6.07) is 0. The molecule has 1 aliphatic heterocycles. The molecule has 1 aromatic rings. The van der Waals surface area contributed by atoms with Gasteiger partial charge < -0.3 is 15.0 Å². The highest BCUT2D eigenvalue weighted by Crippen LogP contribution is 2.29. The van der Waals surface area contributed by atoms with Crippen molar-refractivity contribution in [1.29, 1.82) is 0 Å². The summed E-state index contributed by atoms with van der Waals surface area (Å²) in [5.41, 5.74) is 1.18. The molecule has 1 unspecified atom stereocenters. The van der Waals surface area contributed by atoms with Crippen LogP contribution in [-0.4, -0.2) is 38.3 Å². The molecular weight excluding hydrogens is 282 g/mol. The molecule has 2 rings (SSSR count). The van der Waals surface area contributed by atoms with Crippen LogP contribution >= 0.6 is 11.3 Å². The van der Waals surface area contributed by atoms with Crippen LogP contribution in [0.1, 0.15) is 43.2 Å². The lowest BCUT2D eigenvalue weighted by Crippen LogP contribution is -2.24. The fraction of sp³-hybridized carbons (Fsp3) is 0.812. The number of aryl methyl sites for hydroxylation is 1. The minimum atomic E-state index is 0.759. The van der Waals surface area contributed by atoms with E-state index in [9.17, 15) is 0 Å². The average molecular weight is 311 g/mol. The highest BCUT2D eigenvalue weighted by atomic mass is 32.1. The average Bonchev–Trinajstić information content (AvgIpc) is 2.72. The van der Waals surface area contributed by atoms with E-state index in [1.165, 1.54) is 54.5 Å². The third-order valence-electron chi connectivity index (χ3n) is 4.35. The van der Waals surface area contributed by atoms with Crippen molar-refractivity contribution in [3.05, 3.63) is 10.6 Å². The third kappa shape index (κ3) is 4.94. The monoisotopic (exact) mass is 311 g/mol. The zero-order chi connectivity index (χ0) is 15.1. The van der Waals surface area contributed by atoms with E-state index in [0.29, 0.717) is 0 Å². The number of hydrogen-bond donors (Lipinski definition) is 1. The smallest absolute Gasteiger partial charge is 0.185 e. The number of hydrogen-bond acceptors (Lipinski definition) is 5. The van der Waals surface area contributed by atoms with Crippen molar-refractivity contribution in [2.45, 2.75) is 46.1 Å². The second-order valence-corrected chi connectivity index (χ2v) is 6.93. The Labute approximate surface area is 132 Å². The predicted molar refractivity (Wildman–Crippen MR) is 90.3 cm³/mol. The van der Waals surface area contributed by atoms with Gasteiger partial charge in [0.25, 0.3) is 0 Å². The van der Waals surface area contributed by atoms with Gasteiger partial charge in [0, 0.05) is 38.2 Å². The van der Waals surface area contributed by atoms with Crippen molar-refractivity contribution in [2.24, 2.45) is 5.92 Å². The molecule has 120 valence electrons. The maximum absolute atomic E-state index is 5.06. The van der Waals surface area contributed by atoms with Gasteiger partial charge in [-0.1, -0.05) is 13.3 Å². The highest BCUT2D eigenvalue weighted by Gasteiger charge is 2.19. The van der Waals surface area contributed by atoms with Crippen LogP contribution in [0.3, 0.4) is 0 Å². The lowest BCUT2D eigenvalue weighted by atomic mass is 9.98. The van der Waals surface area contributed by atoms with E-state index in [1.807, 2.05) is 11.3 Å². The van der Waals surface area contributed by atoms with Gasteiger partial charge in [0.2, 0.25) is 0 Å². The fourth-order valence-corrected chi connectivity index (χ4v) is 3.94. The van der Waals surface area contributed by atoms with Gasteiger partial charge in [-0.2, -0.15) is 0 Å². The standard InChI is InChI=1S/C16H29N3OS/c1-4-14-6-5-9-19(10-7-14)16-18-13(2)15(21-16)12-17-8-11-20-3/h14,17H,4-12H2,1-3H3. The molecule has 0 radical (unpaired) electrons. The Kier molecular flexibility index (Phi) is 6.93. The van der Waals surface area contributed by atoms with Crippen LogP contribution < -0.4 is 10.2 Å². The minimum Gasteiger partial charge on any atom is -0.383 e. The predicted octanol–water partition coefficient (Wildman–Crippen LogP) is 3.20. The van der Waals surface area contributed by atoms with E-state index < -0.39 is 0 Å². The van der Waals surface area contributed by atoms with E-state index in [-0.39, 0.29) is 0 Å². The van der Waals surface area contributed by atoms with Crippen molar-refractivity contribution < 1.29 is 4.74 Å². The summed E-state index contributed by atoms with van der Waals surface area (Å²) in [6.07, 6.45) is 5.32. The first-order chi connectivity index (χ1) is 10.2. The fourth-order valence-electron chi connectivity index (χ4n) is 2.85. The van der Waals surface area contributed by atoms with Crippen molar-refractivity contribution in [3.8, 4) is 0 Å². The number of nitrogens with zero attached hydrogens (tertiary/aromatic N) is 2. The Morgan fingerprint density at radius 2 is 2.24 bits per heavy atom. The number of methoxy groups -OCH3 is 1. The van der Waals surface area contributed by atoms with Crippen molar-refractivity contribution in [2.75, 3.05) is 38.3 Å². The summed E-state index contributed by atoms with van der Waals surface area (Å²) in [5, 5.41) is 4.63. The van der Waals surface area contributed by atoms with Crippen LogP contribution in [0.2, 0.25) is 0 Å². The van der Waals surface area contributed by atoms with Crippen LogP contribution in [0.5, 0.6) is 0 Å². The zero-order valence-electron chi connectivity index (χ0n) is 13.7. The quantitative estimate of drug-likeness (QED) is 0.785. The molecule has 1 aromatic heterocycles. The van der Waals surface area contributed by atoms with Gasteiger partial charge in [-0.15, -0.1) is 11.3 Å². The van der Waals surface area contributed by atoms with Gasteiger partial charge in [0.1, 0.15) is 0 Å². The molecule has 0 saturated carbocycles. The summed E-state index contributed by atoms with van der Waals surface area (Å²) < 4.78 is 5.06. The molecule has 5 heteroatoms. The summed E-state index contributed by atoms with van der Waals surface area (Å²) >= 11 is 1.85. The van der Waals surface area contributed by atoms with Gasteiger partial charge in [0.15, 0.2) is 5.13 Å². The number of ether oxygens (including phenoxy) is 1. The zero-order valence-corrected chi connectivity index (χ0v) is 14.5. The highest BCUT2D eigenvalue weighted by molar-refractivity contribution is 7.15. The molecule has 2 heterocycles. The molecule has 1 atom stereocenters. The van der Waals surface area contributed by atoms with E-state index in [1.54, 1.807) is 7.11 Å². The van der Waals surface area contributed by atoms with Crippen LogP contribution in [0, 0.1) is 12.8 Å². The lowest BCUT2D eigenvalue weighted by molar-refractivity contribution is 0.199. The Bertz CT molecular complexity index is 422. The van der Waals surface area contributed by atoms with E-state index in [2.05, 4.69) is 24.1 Å². The van der Waals surface area contributed by atoms with Crippen molar-refractivity contribution in [1.82, 2.24) is 10.3 Å². The Hall–Kier alpha value is -0.650. The third-order valence-corrected chi connectivity index (χ3v) is 5.56. The molecule has 0 aliphatic carbocycles. The first-order valence-electron chi connectivity index (χ1n) is 8.15. The maximum atomic E-state index is 5.06. The molecule has 0 amide bonds. The van der Waals surface area contributed by atoms with Crippen LogP contribution in [0.15, 0.2) is 0 Å². The summed E-state index contributed by atoms with van der Waals surface area (Å²) in [6.45, 7) is 9.33. The van der Waals surface area contributed by atoms with Gasteiger partial charge in [-0.25, -0.2) is 4.98 Å². The van der Waals surface area contributed by atoms with Crippen LogP contribution in [0.25, 0.3) is 0 Å². The summed E-state index contributed by atoms with van der Waals surface area (Å²) in [7, 11) is 1.74. The van der Waals surface area contributed by atoms with Gasteiger partial charge in [-0.05, 0) is 32.1 Å².